The van der Waals surface area contributed by atoms with E-state index in [2.05, 4.69) is 0 Å². The van der Waals surface area contributed by atoms with Gasteiger partial charge in [0.1, 0.15) is 5.82 Å². The molecule has 2 heteroatoms. The first kappa shape index (κ1) is 10.0. The predicted octanol–water partition coefficient (Wildman–Crippen LogP) is 3.36. The Labute approximate surface area is 94.7 Å². The normalized spacial score (nSPS) is 31.2. The fourth-order valence-corrected chi connectivity index (χ4v) is 3.01. The van der Waals surface area contributed by atoms with Gasteiger partial charge in [-0.05, 0) is 55.7 Å². The second-order valence-corrected chi connectivity index (χ2v) is 5.25. The number of carbonyl (C=O) groups is 1. The van der Waals surface area contributed by atoms with Crippen LogP contribution in [0.3, 0.4) is 0 Å². The van der Waals surface area contributed by atoms with Gasteiger partial charge in [-0.25, -0.2) is 4.39 Å². The fourth-order valence-electron chi connectivity index (χ4n) is 3.01. The van der Waals surface area contributed by atoms with Crippen LogP contribution in [0.1, 0.15) is 35.2 Å². The van der Waals surface area contributed by atoms with E-state index in [0.717, 1.165) is 30.2 Å². The Hall–Kier alpha value is -1.18. The second-order valence-electron chi connectivity index (χ2n) is 5.25. The lowest BCUT2D eigenvalue weighted by Gasteiger charge is -2.12. The lowest BCUT2D eigenvalue weighted by atomic mass is 9.91. The van der Waals surface area contributed by atoms with E-state index in [1.165, 1.54) is 18.6 Å². The summed E-state index contributed by atoms with van der Waals surface area (Å²) >= 11 is 0. The molecule has 0 radical (unpaired) electrons. The molecule has 0 N–H and O–H groups in total. The zero-order valence-electron chi connectivity index (χ0n) is 9.37. The number of hydrogen-bond acceptors (Lipinski definition) is 1. The smallest absolute Gasteiger partial charge is 0.166 e. The summed E-state index contributed by atoms with van der Waals surface area (Å²) in [6.45, 7) is 1.88. The summed E-state index contributed by atoms with van der Waals surface area (Å²) < 4.78 is 13.1. The lowest BCUT2D eigenvalue weighted by Crippen LogP contribution is -2.14. The Kier molecular flexibility index (Phi) is 2.13. The molecule has 2 saturated carbocycles. The van der Waals surface area contributed by atoms with Gasteiger partial charge >= 0.3 is 0 Å². The molecule has 2 atom stereocenters. The van der Waals surface area contributed by atoms with Crippen LogP contribution in [0, 0.1) is 30.5 Å². The van der Waals surface area contributed by atoms with Crippen LogP contribution in [0.4, 0.5) is 4.39 Å². The van der Waals surface area contributed by atoms with Crippen molar-refractivity contribution in [3.8, 4) is 0 Å². The van der Waals surface area contributed by atoms with Crippen molar-refractivity contribution < 1.29 is 9.18 Å². The topological polar surface area (TPSA) is 17.1 Å². The van der Waals surface area contributed by atoms with Gasteiger partial charge in [0.2, 0.25) is 0 Å². The Morgan fingerprint density at radius 2 is 1.94 bits per heavy atom. The number of Topliss-reactive ketones (excluding diaryl/α,β-unsaturated/α-hetero) is 1. The number of hydrogen-bond donors (Lipinski definition) is 0. The van der Waals surface area contributed by atoms with E-state index in [4.69, 9.17) is 0 Å². The molecule has 2 aliphatic carbocycles. The van der Waals surface area contributed by atoms with Crippen LogP contribution in [0.15, 0.2) is 18.2 Å². The number of ketones is 1. The SMILES string of the molecule is Cc1ccc(F)cc1C(=O)C1CC2CC2C1. The molecule has 0 aromatic heterocycles. The zero-order chi connectivity index (χ0) is 11.3. The van der Waals surface area contributed by atoms with E-state index >= 15 is 0 Å². The molecule has 0 spiro atoms. The molecule has 0 saturated heterocycles. The Morgan fingerprint density at radius 1 is 1.25 bits per heavy atom. The highest BCUT2D eigenvalue weighted by molar-refractivity contribution is 5.99. The number of aryl methyl sites for hydroxylation is 1. The molecule has 3 rings (SSSR count). The molecule has 0 amide bonds. The van der Waals surface area contributed by atoms with Crippen LogP contribution in [0.2, 0.25) is 0 Å². The fraction of sp³-hybridized carbons (Fsp3) is 0.500. The van der Waals surface area contributed by atoms with E-state index in [0.29, 0.717) is 5.56 Å². The number of halogens is 1. The van der Waals surface area contributed by atoms with Gasteiger partial charge < -0.3 is 0 Å². The summed E-state index contributed by atoms with van der Waals surface area (Å²) in [5.74, 6) is 1.59. The Morgan fingerprint density at radius 3 is 2.62 bits per heavy atom. The maximum absolute atomic E-state index is 13.1. The zero-order valence-corrected chi connectivity index (χ0v) is 9.37. The van der Waals surface area contributed by atoms with Crippen molar-refractivity contribution >= 4 is 5.78 Å². The molecule has 1 aromatic carbocycles. The molecular weight excluding hydrogens is 203 g/mol. The van der Waals surface area contributed by atoms with Crippen LogP contribution < -0.4 is 0 Å². The predicted molar refractivity (Wildman–Crippen MR) is 59.8 cm³/mol. The van der Waals surface area contributed by atoms with Crippen molar-refractivity contribution in [3.63, 3.8) is 0 Å². The van der Waals surface area contributed by atoms with Crippen molar-refractivity contribution in [1.29, 1.82) is 0 Å². The molecule has 16 heavy (non-hydrogen) atoms. The van der Waals surface area contributed by atoms with Crippen molar-refractivity contribution in [1.82, 2.24) is 0 Å². The first-order chi connectivity index (χ1) is 7.65. The third-order valence-electron chi connectivity index (χ3n) is 4.08. The molecule has 2 fully saturated rings. The standard InChI is InChI=1S/C14H15FO/c1-8-2-3-12(15)7-13(8)14(16)11-5-9-4-10(9)6-11/h2-3,7,9-11H,4-6H2,1H3. The quantitative estimate of drug-likeness (QED) is 0.695. The highest BCUT2D eigenvalue weighted by Crippen LogP contribution is 2.55. The summed E-state index contributed by atoms with van der Waals surface area (Å²) in [5, 5.41) is 0. The Bertz CT molecular complexity index is 442. The third-order valence-corrected chi connectivity index (χ3v) is 4.08. The van der Waals surface area contributed by atoms with Gasteiger partial charge in [0.15, 0.2) is 5.78 Å². The van der Waals surface area contributed by atoms with Gasteiger partial charge in [0.25, 0.3) is 0 Å². The molecule has 1 nitrogen and oxygen atoms in total. The number of rotatable bonds is 2. The van der Waals surface area contributed by atoms with Crippen LogP contribution in [-0.2, 0) is 0 Å². The molecule has 84 valence electrons. The number of carbonyl (C=O) groups excluding carboxylic acids is 1. The van der Waals surface area contributed by atoms with E-state index in [1.807, 2.05) is 6.92 Å². The molecule has 0 aliphatic heterocycles. The minimum Gasteiger partial charge on any atom is -0.294 e. The minimum atomic E-state index is -0.308. The molecule has 0 heterocycles. The summed E-state index contributed by atoms with van der Waals surface area (Å²) in [6.07, 6.45) is 3.37. The van der Waals surface area contributed by atoms with E-state index in [9.17, 15) is 9.18 Å². The van der Waals surface area contributed by atoms with Gasteiger partial charge in [0.05, 0.1) is 0 Å². The summed E-state index contributed by atoms with van der Waals surface area (Å²) in [4.78, 5) is 12.2. The second kappa shape index (κ2) is 3.41. The van der Waals surface area contributed by atoms with Crippen LogP contribution >= 0.6 is 0 Å². The van der Waals surface area contributed by atoms with Crippen molar-refractivity contribution in [2.75, 3.05) is 0 Å². The largest absolute Gasteiger partial charge is 0.294 e. The van der Waals surface area contributed by atoms with Crippen molar-refractivity contribution in [2.45, 2.75) is 26.2 Å². The van der Waals surface area contributed by atoms with Gasteiger partial charge in [0, 0.05) is 11.5 Å². The van der Waals surface area contributed by atoms with Gasteiger partial charge in [-0.15, -0.1) is 0 Å². The average Bonchev–Trinajstić information content (AvgIpc) is 2.88. The summed E-state index contributed by atoms with van der Waals surface area (Å²) in [5.41, 5.74) is 1.48. The van der Waals surface area contributed by atoms with Crippen molar-refractivity contribution in [2.24, 2.45) is 17.8 Å². The first-order valence-electron chi connectivity index (χ1n) is 5.95. The summed E-state index contributed by atoms with van der Waals surface area (Å²) in [6, 6.07) is 4.50. The van der Waals surface area contributed by atoms with Crippen LogP contribution in [-0.4, -0.2) is 5.78 Å². The maximum atomic E-state index is 13.1. The van der Waals surface area contributed by atoms with E-state index < -0.39 is 0 Å². The number of fused-ring (bicyclic) bond motifs is 1. The monoisotopic (exact) mass is 218 g/mol. The molecule has 2 aliphatic rings. The van der Waals surface area contributed by atoms with Crippen LogP contribution in [0.25, 0.3) is 0 Å². The average molecular weight is 218 g/mol. The maximum Gasteiger partial charge on any atom is 0.166 e. The Balaban J connectivity index is 1.85. The summed E-state index contributed by atoms with van der Waals surface area (Å²) in [7, 11) is 0. The van der Waals surface area contributed by atoms with Gasteiger partial charge in [-0.1, -0.05) is 6.07 Å². The third kappa shape index (κ3) is 1.57. The highest BCUT2D eigenvalue weighted by Gasteiger charge is 2.48. The van der Waals surface area contributed by atoms with Gasteiger partial charge in [-0.2, -0.15) is 0 Å². The van der Waals surface area contributed by atoms with Gasteiger partial charge in [-0.3, -0.25) is 4.79 Å². The molecule has 0 bridgehead atoms. The van der Waals surface area contributed by atoms with E-state index in [1.54, 1.807) is 6.07 Å². The first-order valence-corrected chi connectivity index (χ1v) is 5.95. The molecule has 1 aromatic rings. The minimum absolute atomic E-state index is 0.157. The van der Waals surface area contributed by atoms with Crippen molar-refractivity contribution in [3.05, 3.63) is 35.1 Å². The van der Waals surface area contributed by atoms with E-state index in [-0.39, 0.29) is 17.5 Å². The highest BCUT2D eigenvalue weighted by atomic mass is 19.1. The lowest BCUT2D eigenvalue weighted by molar-refractivity contribution is 0.0913. The van der Waals surface area contributed by atoms with Crippen LogP contribution in [0.5, 0.6) is 0 Å². The molecule has 2 unspecified atom stereocenters. The number of benzene rings is 1. The molecular formula is C14H15FO.